The van der Waals surface area contributed by atoms with Gasteiger partial charge in [0.1, 0.15) is 10.7 Å². The highest BCUT2D eigenvalue weighted by molar-refractivity contribution is 7.89. The van der Waals surface area contributed by atoms with Crippen LogP contribution in [0.1, 0.15) is 20.8 Å². The summed E-state index contributed by atoms with van der Waals surface area (Å²) < 4.78 is 25.7. The lowest BCUT2D eigenvalue weighted by Gasteiger charge is -2.30. The average molecular weight is 258 g/mol. The average Bonchev–Trinajstić information content (AvgIpc) is 2.27. The molecule has 6 nitrogen and oxygen atoms in total. The topological polar surface area (TPSA) is 88.3 Å². The molecule has 1 rings (SSSR count). The Balaban J connectivity index is 3.13. The largest absolute Gasteiger partial charge is 0.308 e. The van der Waals surface area contributed by atoms with E-state index in [4.69, 9.17) is 5.84 Å². The molecular formula is C10H18N4O2S. The Hall–Kier alpha value is -1.18. The van der Waals surface area contributed by atoms with Crippen molar-refractivity contribution in [1.82, 2.24) is 9.29 Å². The molecule has 0 spiro atoms. The van der Waals surface area contributed by atoms with Crippen LogP contribution in [0.25, 0.3) is 0 Å². The first-order valence-corrected chi connectivity index (χ1v) is 6.55. The second-order valence-electron chi connectivity index (χ2n) is 4.67. The number of nitrogens with zero attached hydrogens (tertiary/aromatic N) is 2. The van der Waals surface area contributed by atoms with Crippen LogP contribution < -0.4 is 11.3 Å². The fourth-order valence-corrected chi connectivity index (χ4v) is 2.60. The van der Waals surface area contributed by atoms with Crippen LogP contribution in [-0.4, -0.2) is 30.3 Å². The fraction of sp³-hybridized carbons (Fsp3) is 0.500. The zero-order valence-electron chi connectivity index (χ0n) is 10.4. The van der Waals surface area contributed by atoms with E-state index in [0.29, 0.717) is 5.82 Å². The van der Waals surface area contributed by atoms with Gasteiger partial charge in [-0.2, -0.15) is 4.31 Å². The first-order valence-electron chi connectivity index (χ1n) is 5.11. The van der Waals surface area contributed by atoms with Crippen molar-refractivity contribution in [3.05, 3.63) is 18.3 Å². The normalized spacial score (nSPS) is 12.8. The van der Waals surface area contributed by atoms with Gasteiger partial charge in [0.25, 0.3) is 0 Å². The highest BCUT2D eigenvalue weighted by Gasteiger charge is 2.30. The Morgan fingerprint density at radius 1 is 1.35 bits per heavy atom. The molecule has 0 aliphatic heterocycles. The molecular weight excluding hydrogens is 240 g/mol. The Morgan fingerprint density at radius 3 is 2.29 bits per heavy atom. The van der Waals surface area contributed by atoms with E-state index in [0.717, 1.165) is 0 Å². The van der Waals surface area contributed by atoms with Gasteiger partial charge in [-0.05, 0) is 32.9 Å². The zero-order chi connectivity index (χ0) is 13.3. The number of hydrogen-bond donors (Lipinski definition) is 2. The van der Waals surface area contributed by atoms with Crippen molar-refractivity contribution in [3.63, 3.8) is 0 Å². The third-order valence-corrected chi connectivity index (χ3v) is 4.59. The monoisotopic (exact) mass is 258 g/mol. The van der Waals surface area contributed by atoms with Crippen LogP contribution >= 0.6 is 0 Å². The molecule has 0 atom stereocenters. The molecule has 0 saturated heterocycles. The van der Waals surface area contributed by atoms with E-state index in [1.807, 2.05) is 20.8 Å². The van der Waals surface area contributed by atoms with Crippen LogP contribution in [0.15, 0.2) is 23.2 Å². The SMILES string of the molecule is CN(C(C)(C)C)S(=O)(=O)c1ccc(NN)nc1. The number of anilines is 1. The van der Waals surface area contributed by atoms with E-state index >= 15 is 0 Å². The summed E-state index contributed by atoms with van der Waals surface area (Å²) in [5.41, 5.74) is 1.86. The Kier molecular flexibility index (Phi) is 3.75. The van der Waals surface area contributed by atoms with Crippen molar-refractivity contribution in [1.29, 1.82) is 0 Å². The molecule has 0 radical (unpaired) electrons. The number of nitrogens with two attached hydrogens (primary N) is 1. The van der Waals surface area contributed by atoms with Crippen LogP contribution in [0, 0.1) is 0 Å². The van der Waals surface area contributed by atoms with Gasteiger partial charge in [0.15, 0.2) is 0 Å². The fourth-order valence-electron chi connectivity index (χ4n) is 1.14. The molecule has 1 heterocycles. The summed E-state index contributed by atoms with van der Waals surface area (Å²) in [5, 5.41) is 0. The third-order valence-electron chi connectivity index (χ3n) is 2.49. The lowest BCUT2D eigenvalue weighted by Crippen LogP contribution is -2.42. The van der Waals surface area contributed by atoms with Gasteiger partial charge in [0, 0.05) is 18.8 Å². The van der Waals surface area contributed by atoms with Crippen molar-refractivity contribution < 1.29 is 8.42 Å². The number of nitrogen functional groups attached to an aromatic ring is 1. The Labute approximate surface area is 102 Å². The molecule has 7 heteroatoms. The predicted octanol–water partition coefficient (Wildman–Crippen LogP) is 0.786. The number of sulfonamides is 1. The van der Waals surface area contributed by atoms with Gasteiger partial charge in [-0.3, -0.25) is 0 Å². The van der Waals surface area contributed by atoms with Gasteiger partial charge in [-0.15, -0.1) is 0 Å². The van der Waals surface area contributed by atoms with Crippen LogP contribution in [0.3, 0.4) is 0 Å². The Morgan fingerprint density at radius 2 is 1.94 bits per heavy atom. The third kappa shape index (κ3) is 2.93. The van der Waals surface area contributed by atoms with Gasteiger partial charge >= 0.3 is 0 Å². The quantitative estimate of drug-likeness (QED) is 0.618. The summed E-state index contributed by atoms with van der Waals surface area (Å²) in [6, 6.07) is 2.99. The maximum Gasteiger partial charge on any atom is 0.244 e. The molecule has 1 aromatic heterocycles. The van der Waals surface area contributed by atoms with Gasteiger partial charge in [0.05, 0.1) is 0 Å². The lowest BCUT2D eigenvalue weighted by atomic mass is 10.1. The molecule has 3 N–H and O–H groups in total. The first-order chi connectivity index (χ1) is 7.69. The highest BCUT2D eigenvalue weighted by Crippen LogP contribution is 2.22. The van der Waals surface area contributed by atoms with Gasteiger partial charge in [-0.1, -0.05) is 0 Å². The minimum absolute atomic E-state index is 0.147. The number of hydrogen-bond acceptors (Lipinski definition) is 5. The highest BCUT2D eigenvalue weighted by atomic mass is 32.2. The lowest BCUT2D eigenvalue weighted by molar-refractivity contribution is 0.291. The van der Waals surface area contributed by atoms with E-state index in [-0.39, 0.29) is 4.90 Å². The predicted molar refractivity (Wildman–Crippen MR) is 66.7 cm³/mol. The van der Waals surface area contributed by atoms with E-state index in [1.54, 1.807) is 7.05 Å². The van der Waals surface area contributed by atoms with Crippen LogP contribution in [-0.2, 0) is 10.0 Å². The summed E-state index contributed by atoms with van der Waals surface area (Å²) >= 11 is 0. The summed E-state index contributed by atoms with van der Waals surface area (Å²) in [4.78, 5) is 4.03. The van der Waals surface area contributed by atoms with Crippen LogP contribution in [0.2, 0.25) is 0 Å². The van der Waals surface area contributed by atoms with Gasteiger partial charge in [0.2, 0.25) is 10.0 Å². The standard InChI is InChI=1S/C10H18N4O2S/c1-10(2,3)14(4)17(15,16)8-5-6-9(13-11)12-7-8/h5-7H,11H2,1-4H3,(H,12,13). The number of pyridine rings is 1. The number of hydrazine groups is 1. The molecule has 0 saturated carbocycles. The zero-order valence-corrected chi connectivity index (χ0v) is 11.2. The summed E-state index contributed by atoms with van der Waals surface area (Å²) in [5.74, 6) is 5.58. The molecule has 0 bridgehead atoms. The van der Waals surface area contributed by atoms with Gasteiger partial charge in [-0.25, -0.2) is 19.2 Å². The maximum absolute atomic E-state index is 12.2. The molecule has 17 heavy (non-hydrogen) atoms. The smallest absolute Gasteiger partial charge is 0.244 e. The second-order valence-corrected chi connectivity index (χ2v) is 6.64. The molecule has 0 aromatic carbocycles. The molecule has 0 amide bonds. The number of nitrogens with one attached hydrogen (secondary N) is 1. The van der Waals surface area contributed by atoms with Crippen molar-refractivity contribution in [2.45, 2.75) is 31.2 Å². The van der Waals surface area contributed by atoms with Gasteiger partial charge < -0.3 is 5.43 Å². The van der Waals surface area contributed by atoms with E-state index < -0.39 is 15.6 Å². The molecule has 0 unspecified atom stereocenters. The number of rotatable bonds is 3. The van der Waals surface area contributed by atoms with Crippen molar-refractivity contribution in [2.75, 3.05) is 12.5 Å². The van der Waals surface area contributed by atoms with Crippen LogP contribution in [0.5, 0.6) is 0 Å². The summed E-state index contributed by atoms with van der Waals surface area (Å²) in [7, 11) is -1.97. The Bertz CT molecular complexity index is 476. The molecule has 0 fully saturated rings. The van der Waals surface area contributed by atoms with E-state index in [1.165, 1.54) is 22.6 Å². The second kappa shape index (κ2) is 4.59. The maximum atomic E-state index is 12.2. The molecule has 0 aliphatic carbocycles. The molecule has 0 aliphatic rings. The molecule has 1 aromatic rings. The van der Waals surface area contributed by atoms with E-state index in [2.05, 4.69) is 10.4 Å². The first kappa shape index (κ1) is 13.9. The minimum atomic E-state index is -3.52. The summed E-state index contributed by atoms with van der Waals surface area (Å²) in [6.07, 6.45) is 1.28. The molecule has 96 valence electrons. The van der Waals surface area contributed by atoms with Crippen molar-refractivity contribution in [3.8, 4) is 0 Å². The minimum Gasteiger partial charge on any atom is -0.308 e. The summed E-state index contributed by atoms with van der Waals surface area (Å²) in [6.45, 7) is 5.48. The van der Waals surface area contributed by atoms with E-state index in [9.17, 15) is 8.42 Å². The van der Waals surface area contributed by atoms with Crippen molar-refractivity contribution >= 4 is 15.8 Å². The van der Waals surface area contributed by atoms with Crippen LogP contribution in [0.4, 0.5) is 5.82 Å². The van der Waals surface area contributed by atoms with Crippen molar-refractivity contribution in [2.24, 2.45) is 5.84 Å². The number of aromatic nitrogens is 1.